The number of nitrogens with two attached hydrogens (primary N) is 1. The van der Waals surface area contributed by atoms with Gasteiger partial charge in [-0.3, -0.25) is 0 Å². The average Bonchev–Trinajstić information content (AvgIpc) is 2.66. The largest absolute Gasteiger partial charge is 0.399 e. The van der Waals surface area contributed by atoms with Crippen molar-refractivity contribution in [1.82, 2.24) is 9.97 Å². The molecule has 1 aliphatic heterocycles. The third kappa shape index (κ3) is 1.34. The Labute approximate surface area is 115 Å². The van der Waals surface area contributed by atoms with E-state index in [-0.39, 0.29) is 9.92 Å². The average molecular weight is 283 g/mol. The van der Waals surface area contributed by atoms with Crippen LogP contribution in [0.4, 0.5) is 5.69 Å². The molecule has 0 aliphatic carbocycles. The number of anilines is 1. The highest BCUT2D eigenvalue weighted by Gasteiger charge is 2.35. The maximum Gasteiger partial charge on any atom is 0.226 e. The molecular formula is C14H9N3O2S. The Morgan fingerprint density at radius 2 is 1.75 bits per heavy atom. The van der Waals surface area contributed by atoms with Crippen molar-refractivity contribution in [3.63, 3.8) is 0 Å². The number of rotatable bonds is 0. The van der Waals surface area contributed by atoms with E-state index in [0.29, 0.717) is 28.0 Å². The standard InChI is InChI=1S/C14H9N3O2S/c15-8-5-6-10-11(7-8)16-13-9-3-1-2-4-12(9)20(18,19)14(13)17-10/h1-7H,15H2. The van der Waals surface area contributed by atoms with E-state index >= 15 is 0 Å². The van der Waals surface area contributed by atoms with Crippen molar-refractivity contribution in [1.29, 1.82) is 0 Å². The van der Waals surface area contributed by atoms with Crippen LogP contribution in [0.25, 0.3) is 22.3 Å². The molecule has 6 heteroatoms. The van der Waals surface area contributed by atoms with Gasteiger partial charge in [0.1, 0.15) is 5.69 Å². The fraction of sp³-hybridized carbons (Fsp3) is 0. The molecule has 0 saturated carbocycles. The molecule has 2 heterocycles. The molecular weight excluding hydrogens is 274 g/mol. The third-order valence-electron chi connectivity index (χ3n) is 3.34. The summed E-state index contributed by atoms with van der Waals surface area (Å²) >= 11 is 0. The van der Waals surface area contributed by atoms with E-state index in [1.807, 2.05) is 0 Å². The quantitative estimate of drug-likeness (QED) is 0.499. The van der Waals surface area contributed by atoms with Crippen LogP contribution in [-0.2, 0) is 9.84 Å². The van der Waals surface area contributed by atoms with E-state index in [4.69, 9.17) is 5.73 Å². The van der Waals surface area contributed by atoms with E-state index in [1.54, 1.807) is 42.5 Å². The third-order valence-corrected chi connectivity index (χ3v) is 5.07. The van der Waals surface area contributed by atoms with Gasteiger partial charge in [-0.1, -0.05) is 18.2 Å². The summed E-state index contributed by atoms with van der Waals surface area (Å²) < 4.78 is 24.9. The first-order valence-corrected chi connectivity index (χ1v) is 7.47. The number of hydrogen-bond donors (Lipinski definition) is 1. The zero-order chi connectivity index (χ0) is 13.9. The zero-order valence-corrected chi connectivity index (χ0v) is 11.1. The van der Waals surface area contributed by atoms with Crippen molar-refractivity contribution >= 4 is 26.6 Å². The van der Waals surface area contributed by atoms with Gasteiger partial charge in [0.05, 0.1) is 15.9 Å². The summed E-state index contributed by atoms with van der Waals surface area (Å²) in [4.78, 5) is 8.95. The monoisotopic (exact) mass is 283 g/mol. The molecule has 0 atom stereocenters. The van der Waals surface area contributed by atoms with Crippen LogP contribution in [0.5, 0.6) is 0 Å². The summed E-state index contributed by atoms with van der Waals surface area (Å²) in [5.74, 6) is 0. The normalized spacial score (nSPS) is 15.0. The van der Waals surface area contributed by atoms with Crippen LogP contribution in [0.2, 0.25) is 0 Å². The van der Waals surface area contributed by atoms with Gasteiger partial charge in [-0.2, -0.15) is 0 Å². The van der Waals surface area contributed by atoms with Crippen molar-refractivity contribution in [3.05, 3.63) is 42.5 Å². The molecule has 0 unspecified atom stereocenters. The van der Waals surface area contributed by atoms with Crippen LogP contribution >= 0.6 is 0 Å². The lowest BCUT2D eigenvalue weighted by Gasteiger charge is -2.02. The van der Waals surface area contributed by atoms with Crippen molar-refractivity contribution in [2.24, 2.45) is 0 Å². The molecule has 0 spiro atoms. The van der Waals surface area contributed by atoms with Crippen molar-refractivity contribution in [3.8, 4) is 11.3 Å². The van der Waals surface area contributed by atoms with E-state index in [9.17, 15) is 8.42 Å². The molecule has 1 aromatic heterocycles. The lowest BCUT2D eigenvalue weighted by Crippen LogP contribution is -2.01. The highest BCUT2D eigenvalue weighted by atomic mass is 32.2. The highest BCUT2D eigenvalue weighted by molar-refractivity contribution is 7.92. The van der Waals surface area contributed by atoms with Gasteiger partial charge in [-0.05, 0) is 24.3 Å². The fourth-order valence-corrected chi connectivity index (χ4v) is 3.97. The van der Waals surface area contributed by atoms with Gasteiger partial charge >= 0.3 is 0 Å². The minimum atomic E-state index is -3.57. The number of sulfone groups is 1. The van der Waals surface area contributed by atoms with Crippen LogP contribution in [0.15, 0.2) is 52.4 Å². The smallest absolute Gasteiger partial charge is 0.226 e. The Balaban J connectivity index is 2.18. The zero-order valence-electron chi connectivity index (χ0n) is 10.2. The second-order valence-corrected chi connectivity index (χ2v) is 6.46. The Morgan fingerprint density at radius 3 is 2.60 bits per heavy atom. The first kappa shape index (κ1) is 11.4. The van der Waals surface area contributed by atoms with Gasteiger partial charge in [0.2, 0.25) is 9.84 Å². The first-order chi connectivity index (χ1) is 9.57. The maximum absolute atomic E-state index is 12.5. The molecule has 0 radical (unpaired) electrons. The number of nitrogen functional groups attached to an aromatic ring is 1. The van der Waals surface area contributed by atoms with Gasteiger partial charge in [-0.25, -0.2) is 18.4 Å². The lowest BCUT2D eigenvalue weighted by atomic mass is 10.1. The molecule has 1 aliphatic rings. The number of fused-ring (bicyclic) bond motifs is 4. The highest BCUT2D eigenvalue weighted by Crippen LogP contribution is 2.41. The summed E-state index contributed by atoms with van der Waals surface area (Å²) in [5, 5.41) is 0.0240. The predicted molar refractivity (Wildman–Crippen MR) is 74.8 cm³/mol. The molecule has 98 valence electrons. The molecule has 5 nitrogen and oxygen atoms in total. The van der Waals surface area contributed by atoms with E-state index in [2.05, 4.69) is 9.97 Å². The van der Waals surface area contributed by atoms with Crippen LogP contribution in [0, 0.1) is 0 Å². The van der Waals surface area contributed by atoms with E-state index in [1.165, 1.54) is 0 Å². The number of hydrogen-bond acceptors (Lipinski definition) is 5. The lowest BCUT2D eigenvalue weighted by molar-refractivity contribution is 0.595. The summed E-state index contributed by atoms with van der Waals surface area (Å²) in [6.07, 6.45) is 0. The van der Waals surface area contributed by atoms with Gasteiger partial charge in [0, 0.05) is 11.3 Å². The number of benzene rings is 2. The Kier molecular flexibility index (Phi) is 2.01. The second-order valence-electron chi connectivity index (χ2n) is 4.63. The molecule has 20 heavy (non-hydrogen) atoms. The molecule has 0 amide bonds. The van der Waals surface area contributed by atoms with E-state index < -0.39 is 9.84 Å². The second kappa shape index (κ2) is 3.55. The summed E-state index contributed by atoms with van der Waals surface area (Å²) in [5.41, 5.74) is 8.42. The topological polar surface area (TPSA) is 85.9 Å². The van der Waals surface area contributed by atoms with Crippen molar-refractivity contribution in [2.45, 2.75) is 9.92 Å². The minimum Gasteiger partial charge on any atom is -0.399 e. The van der Waals surface area contributed by atoms with Crippen LogP contribution in [-0.4, -0.2) is 18.4 Å². The molecule has 0 saturated heterocycles. The van der Waals surface area contributed by atoms with Gasteiger partial charge < -0.3 is 5.73 Å². The Hall–Kier alpha value is -2.47. The van der Waals surface area contributed by atoms with Crippen LogP contribution in [0.1, 0.15) is 0 Å². The number of aromatic nitrogens is 2. The van der Waals surface area contributed by atoms with Crippen molar-refractivity contribution < 1.29 is 8.42 Å². The SMILES string of the molecule is Nc1ccc2nc3c(nc2c1)-c1ccccc1S3(=O)=O. The summed E-state index contributed by atoms with van der Waals surface area (Å²) in [6, 6.07) is 11.8. The minimum absolute atomic E-state index is 0.0240. The van der Waals surface area contributed by atoms with Gasteiger partial charge in [-0.15, -0.1) is 0 Å². The molecule has 2 aromatic carbocycles. The summed E-state index contributed by atoms with van der Waals surface area (Å²) in [6.45, 7) is 0. The Bertz CT molecular complexity index is 981. The van der Waals surface area contributed by atoms with E-state index in [0.717, 1.165) is 0 Å². The molecule has 3 aromatic rings. The predicted octanol–water partition coefficient (Wildman–Crippen LogP) is 2.03. The first-order valence-electron chi connectivity index (χ1n) is 5.99. The Morgan fingerprint density at radius 1 is 0.950 bits per heavy atom. The van der Waals surface area contributed by atoms with Gasteiger partial charge in [0.15, 0.2) is 5.03 Å². The van der Waals surface area contributed by atoms with Crippen LogP contribution in [0.3, 0.4) is 0 Å². The van der Waals surface area contributed by atoms with Gasteiger partial charge in [0.25, 0.3) is 0 Å². The fourth-order valence-electron chi connectivity index (χ4n) is 2.42. The molecule has 4 rings (SSSR count). The number of nitrogens with zero attached hydrogens (tertiary/aromatic N) is 2. The van der Waals surface area contributed by atoms with Crippen molar-refractivity contribution in [2.75, 3.05) is 5.73 Å². The molecule has 0 bridgehead atoms. The maximum atomic E-state index is 12.5. The molecule has 2 N–H and O–H groups in total. The van der Waals surface area contributed by atoms with Crippen LogP contribution < -0.4 is 5.73 Å². The summed E-state index contributed by atoms with van der Waals surface area (Å²) in [7, 11) is -3.57. The molecule has 0 fully saturated rings.